The molecule has 0 bridgehead atoms. The van der Waals surface area contributed by atoms with Crippen molar-refractivity contribution in [3.05, 3.63) is 64.7 Å². The van der Waals surface area contributed by atoms with Crippen LogP contribution in [0.4, 0.5) is 0 Å². The fourth-order valence-corrected chi connectivity index (χ4v) is 3.38. The molecule has 0 aromatic heterocycles. The summed E-state index contributed by atoms with van der Waals surface area (Å²) in [5.74, 6) is 0.868. The van der Waals surface area contributed by atoms with Gasteiger partial charge >= 0.3 is 0 Å². The molecule has 0 radical (unpaired) electrons. The summed E-state index contributed by atoms with van der Waals surface area (Å²) in [5.41, 5.74) is 3.56. The molecular formula is C16H12O2S. The molecule has 1 aliphatic heterocycles. The third kappa shape index (κ3) is 2.22. The lowest BCUT2D eigenvalue weighted by Gasteiger charge is -2.06. The number of aldehydes is 1. The number of benzene rings is 2. The predicted octanol–water partition coefficient (Wildman–Crippen LogP) is 3.26. The van der Waals surface area contributed by atoms with Crippen LogP contribution in [-0.2, 0) is 17.0 Å². The molecule has 0 unspecified atom stereocenters. The SMILES string of the molecule is O=CCc1ccc2c(c1)SCc1ccccc1C2=O. The largest absolute Gasteiger partial charge is 0.303 e. The molecule has 0 aliphatic carbocycles. The minimum absolute atomic E-state index is 0.0771. The lowest BCUT2D eigenvalue weighted by molar-refractivity contribution is -0.107. The average Bonchev–Trinajstić information content (AvgIpc) is 2.58. The Bertz CT molecular complexity index is 662. The molecular weight excluding hydrogens is 256 g/mol. The van der Waals surface area contributed by atoms with Crippen LogP contribution in [0.25, 0.3) is 0 Å². The molecule has 0 saturated heterocycles. The Hall–Kier alpha value is -1.87. The molecule has 0 saturated carbocycles. The first-order valence-corrected chi connectivity index (χ1v) is 7.10. The first kappa shape index (κ1) is 12.2. The standard InChI is InChI=1S/C16H12O2S/c17-8-7-11-5-6-14-15(9-11)19-10-12-3-1-2-4-13(12)16(14)18/h1-6,8-9H,7,10H2. The van der Waals surface area contributed by atoms with E-state index in [1.165, 1.54) is 0 Å². The number of carbonyl (C=O) groups is 2. The highest BCUT2D eigenvalue weighted by molar-refractivity contribution is 7.98. The maximum atomic E-state index is 12.5. The number of rotatable bonds is 2. The van der Waals surface area contributed by atoms with Gasteiger partial charge in [0.15, 0.2) is 5.78 Å². The number of carbonyl (C=O) groups excluding carboxylic acids is 2. The van der Waals surface area contributed by atoms with Gasteiger partial charge in [0.05, 0.1) is 0 Å². The third-order valence-corrected chi connectivity index (χ3v) is 4.36. The maximum absolute atomic E-state index is 12.5. The highest BCUT2D eigenvalue weighted by Gasteiger charge is 2.21. The molecule has 94 valence electrons. The van der Waals surface area contributed by atoms with Crippen molar-refractivity contribution in [2.45, 2.75) is 17.1 Å². The first-order chi connectivity index (χ1) is 9.29. The molecule has 0 atom stereocenters. The van der Waals surface area contributed by atoms with Crippen molar-refractivity contribution in [1.29, 1.82) is 0 Å². The van der Waals surface area contributed by atoms with Gasteiger partial charge in [0.25, 0.3) is 0 Å². The number of thioether (sulfide) groups is 1. The van der Waals surface area contributed by atoms with Crippen LogP contribution >= 0.6 is 11.8 Å². The Balaban J connectivity index is 2.09. The minimum atomic E-state index is 0.0771. The maximum Gasteiger partial charge on any atom is 0.194 e. The summed E-state index contributed by atoms with van der Waals surface area (Å²) in [7, 11) is 0. The summed E-state index contributed by atoms with van der Waals surface area (Å²) in [6.45, 7) is 0. The summed E-state index contributed by atoms with van der Waals surface area (Å²) in [5, 5.41) is 0. The number of hydrogen-bond donors (Lipinski definition) is 0. The molecule has 0 N–H and O–H groups in total. The number of hydrogen-bond acceptors (Lipinski definition) is 3. The fraction of sp³-hybridized carbons (Fsp3) is 0.125. The Kier molecular flexibility index (Phi) is 3.22. The van der Waals surface area contributed by atoms with Crippen molar-refractivity contribution in [1.82, 2.24) is 0 Å². The molecule has 2 aromatic carbocycles. The second kappa shape index (κ2) is 5.02. The van der Waals surface area contributed by atoms with Gasteiger partial charge < -0.3 is 4.79 Å². The van der Waals surface area contributed by atoms with E-state index in [-0.39, 0.29) is 5.78 Å². The molecule has 0 fully saturated rings. The summed E-state index contributed by atoms with van der Waals surface area (Å²) >= 11 is 1.66. The summed E-state index contributed by atoms with van der Waals surface area (Å²) in [6, 6.07) is 13.4. The highest BCUT2D eigenvalue weighted by atomic mass is 32.2. The van der Waals surface area contributed by atoms with Crippen LogP contribution in [0.2, 0.25) is 0 Å². The predicted molar refractivity (Wildman–Crippen MR) is 75.6 cm³/mol. The molecule has 2 aromatic rings. The first-order valence-electron chi connectivity index (χ1n) is 6.11. The van der Waals surface area contributed by atoms with Gasteiger partial charge in [-0.2, -0.15) is 0 Å². The molecule has 0 amide bonds. The zero-order valence-electron chi connectivity index (χ0n) is 10.3. The molecule has 0 spiro atoms. The zero-order chi connectivity index (χ0) is 13.2. The quantitative estimate of drug-likeness (QED) is 0.784. The van der Waals surface area contributed by atoms with Crippen molar-refractivity contribution in [3.8, 4) is 0 Å². The summed E-state index contributed by atoms with van der Waals surface area (Å²) in [4.78, 5) is 24.1. The van der Waals surface area contributed by atoms with Crippen LogP contribution in [0.5, 0.6) is 0 Å². The minimum Gasteiger partial charge on any atom is -0.303 e. The van der Waals surface area contributed by atoms with Gasteiger partial charge in [-0.25, -0.2) is 0 Å². The van der Waals surface area contributed by atoms with E-state index in [2.05, 4.69) is 0 Å². The lowest BCUT2D eigenvalue weighted by atomic mass is 9.98. The van der Waals surface area contributed by atoms with Gasteiger partial charge in [-0.05, 0) is 23.3 Å². The Morgan fingerprint density at radius 3 is 2.79 bits per heavy atom. The van der Waals surface area contributed by atoms with E-state index in [9.17, 15) is 9.59 Å². The van der Waals surface area contributed by atoms with Crippen LogP contribution in [0.15, 0.2) is 47.4 Å². The van der Waals surface area contributed by atoms with Crippen molar-refractivity contribution in [2.24, 2.45) is 0 Å². The smallest absolute Gasteiger partial charge is 0.194 e. The van der Waals surface area contributed by atoms with Gasteiger partial charge in [0, 0.05) is 28.2 Å². The van der Waals surface area contributed by atoms with E-state index in [0.717, 1.165) is 39.2 Å². The van der Waals surface area contributed by atoms with Crippen LogP contribution in [-0.4, -0.2) is 12.1 Å². The van der Waals surface area contributed by atoms with E-state index in [1.807, 2.05) is 42.5 Å². The number of ketones is 1. The van der Waals surface area contributed by atoms with Crippen LogP contribution in [0, 0.1) is 0 Å². The second-order valence-corrected chi connectivity index (χ2v) is 5.49. The van der Waals surface area contributed by atoms with Crippen LogP contribution < -0.4 is 0 Å². The van der Waals surface area contributed by atoms with Crippen molar-refractivity contribution in [2.75, 3.05) is 0 Å². The van der Waals surface area contributed by atoms with E-state index in [0.29, 0.717) is 6.42 Å². The second-order valence-electron chi connectivity index (χ2n) is 4.48. The molecule has 1 aliphatic rings. The van der Waals surface area contributed by atoms with Crippen molar-refractivity contribution < 1.29 is 9.59 Å². The topological polar surface area (TPSA) is 34.1 Å². The molecule has 19 heavy (non-hydrogen) atoms. The third-order valence-electron chi connectivity index (χ3n) is 3.25. The Labute approximate surface area is 115 Å². The van der Waals surface area contributed by atoms with Crippen LogP contribution in [0.1, 0.15) is 27.0 Å². The fourth-order valence-electron chi connectivity index (χ4n) is 2.27. The van der Waals surface area contributed by atoms with Gasteiger partial charge in [0.1, 0.15) is 6.29 Å². The summed E-state index contributed by atoms with van der Waals surface area (Å²) < 4.78 is 0. The van der Waals surface area contributed by atoms with E-state index < -0.39 is 0 Å². The zero-order valence-corrected chi connectivity index (χ0v) is 11.1. The van der Waals surface area contributed by atoms with Crippen molar-refractivity contribution >= 4 is 23.8 Å². The molecule has 1 heterocycles. The molecule has 3 rings (SSSR count). The van der Waals surface area contributed by atoms with Gasteiger partial charge in [0.2, 0.25) is 0 Å². The van der Waals surface area contributed by atoms with Gasteiger partial charge in [-0.15, -0.1) is 11.8 Å². The monoisotopic (exact) mass is 268 g/mol. The summed E-state index contributed by atoms with van der Waals surface area (Å²) in [6.07, 6.45) is 1.29. The Morgan fingerprint density at radius 1 is 1.11 bits per heavy atom. The molecule has 3 heteroatoms. The average molecular weight is 268 g/mol. The highest BCUT2D eigenvalue weighted by Crippen LogP contribution is 2.34. The van der Waals surface area contributed by atoms with Crippen molar-refractivity contribution in [3.63, 3.8) is 0 Å². The lowest BCUT2D eigenvalue weighted by Crippen LogP contribution is -2.03. The normalized spacial score (nSPS) is 13.4. The number of fused-ring (bicyclic) bond motifs is 2. The van der Waals surface area contributed by atoms with Gasteiger partial charge in [-0.1, -0.05) is 30.3 Å². The van der Waals surface area contributed by atoms with Gasteiger partial charge in [-0.3, -0.25) is 4.79 Å². The van der Waals surface area contributed by atoms with E-state index in [1.54, 1.807) is 11.8 Å². The van der Waals surface area contributed by atoms with E-state index >= 15 is 0 Å². The van der Waals surface area contributed by atoms with E-state index in [4.69, 9.17) is 0 Å². The molecule has 2 nitrogen and oxygen atoms in total. The Morgan fingerprint density at radius 2 is 1.95 bits per heavy atom. The van der Waals surface area contributed by atoms with Crippen LogP contribution in [0.3, 0.4) is 0 Å².